The van der Waals surface area contributed by atoms with Crippen LogP contribution in [0, 0.1) is 0 Å². The van der Waals surface area contributed by atoms with E-state index in [2.05, 4.69) is 10.6 Å². The van der Waals surface area contributed by atoms with Crippen molar-refractivity contribution in [3.05, 3.63) is 0 Å². The summed E-state index contributed by atoms with van der Waals surface area (Å²) in [5.41, 5.74) is 0. The highest BCUT2D eigenvalue weighted by molar-refractivity contribution is 8.00. The maximum absolute atomic E-state index is 11.9. The number of carboxylic acid groups (broad SMARTS) is 1. The summed E-state index contributed by atoms with van der Waals surface area (Å²) in [6.45, 7) is 5.25. The van der Waals surface area contributed by atoms with Crippen molar-refractivity contribution in [2.24, 2.45) is 0 Å². The summed E-state index contributed by atoms with van der Waals surface area (Å²) in [5, 5.41) is 13.9. The predicted molar refractivity (Wildman–Crippen MR) is 71.9 cm³/mol. The second kappa shape index (κ2) is 6.65. The molecule has 1 aliphatic heterocycles. The maximum Gasteiger partial charge on any atom is 0.327 e. The van der Waals surface area contributed by atoms with Crippen LogP contribution in [0.1, 0.15) is 20.8 Å². The minimum atomic E-state index is -1.03. The van der Waals surface area contributed by atoms with E-state index >= 15 is 0 Å². The molecular formula is C11H19N3O4S. The minimum Gasteiger partial charge on any atom is -0.480 e. The largest absolute Gasteiger partial charge is 0.480 e. The highest BCUT2D eigenvalue weighted by atomic mass is 32.2. The van der Waals surface area contributed by atoms with E-state index in [1.165, 1.54) is 16.7 Å². The molecule has 1 aliphatic rings. The van der Waals surface area contributed by atoms with Crippen molar-refractivity contribution >= 4 is 29.7 Å². The van der Waals surface area contributed by atoms with Crippen molar-refractivity contribution in [2.75, 3.05) is 12.3 Å². The van der Waals surface area contributed by atoms with Gasteiger partial charge in [-0.3, -0.25) is 9.69 Å². The Morgan fingerprint density at radius 3 is 2.58 bits per heavy atom. The second-order valence-electron chi connectivity index (χ2n) is 4.57. The number of carboxylic acids is 1. The van der Waals surface area contributed by atoms with E-state index in [0.29, 0.717) is 5.75 Å². The smallest absolute Gasteiger partial charge is 0.327 e. The third kappa shape index (κ3) is 4.30. The fraction of sp³-hybridized carbons (Fsp3) is 0.727. The average molecular weight is 289 g/mol. The van der Waals surface area contributed by atoms with Gasteiger partial charge in [-0.15, -0.1) is 11.8 Å². The molecule has 108 valence electrons. The zero-order valence-corrected chi connectivity index (χ0v) is 12.0. The fourth-order valence-corrected chi connectivity index (χ4v) is 2.93. The predicted octanol–water partition coefficient (Wildman–Crippen LogP) is 0.0686. The van der Waals surface area contributed by atoms with Gasteiger partial charge >= 0.3 is 12.0 Å². The van der Waals surface area contributed by atoms with Crippen molar-refractivity contribution in [3.8, 4) is 0 Å². The first kappa shape index (κ1) is 15.6. The van der Waals surface area contributed by atoms with Crippen molar-refractivity contribution in [2.45, 2.75) is 38.2 Å². The number of carbonyl (C=O) groups is 3. The highest BCUT2D eigenvalue weighted by Crippen LogP contribution is 2.28. The summed E-state index contributed by atoms with van der Waals surface area (Å²) in [6.07, 6.45) is 0. The number of aliphatic carboxylic acids is 1. The number of nitrogens with one attached hydrogen (secondary N) is 2. The van der Waals surface area contributed by atoms with Gasteiger partial charge in [-0.25, -0.2) is 9.59 Å². The number of hydrogen-bond acceptors (Lipinski definition) is 4. The number of urea groups is 1. The Labute approximate surface area is 116 Å². The molecule has 1 rings (SSSR count). The maximum atomic E-state index is 11.9. The van der Waals surface area contributed by atoms with E-state index in [-0.39, 0.29) is 23.9 Å². The fourth-order valence-electron chi connectivity index (χ4n) is 1.76. The van der Waals surface area contributed by atoms with Crippen LogP contribution in [0.3, 0.4) is 0 Å². The molecule has 19 heavy (non-hydrogen) atoms. The summed E-state index contributed by atoms with van der Waals surface area (Å²) >= 11 is 1.40. The molecular weight excluding hydrogens is 270 g/mol. The lowest BCUT2D eigenvalue weighted by Crippen LogP contribution is -2.51. The van der Waals surface area contributed by atoms with Gasteiger partial charge in [0.05, 0.1) is 11.9 Å². The molecule has 0 aromatic rings. The molecule has 0 spiro atoms. The molecule has 1 saturated heterocycles. The van der Waals surface area contributed by atoms with E-state index in [4.69, 9.17) is 5.11 Å². The Morgan fingerprint density at radius 1 is 1.42 bits per heavy atom. The Morgan fingerprint density at radius 2 is 2.05 bits per heavy atom. The number of hydrogen-bond donors (Lipinski definition) is 3. The number of rotatable bonds is 4. The summed E-state index contributed by atoms with van der Waals surface area (Å²) in [7, 11) is 0. The SMILES string of the molecule is CC(C)NC(=O)CNC(=O)N1C(C)SCC1C(=O)O. The van der Waals surface area contributed by atoms with Crippen LogP contribution in [0.4, 0.5) is 4.79 Å². The molecule has 0 radical (unpaired) electrons. The first-order valence-electron chi connectivity index (χ1n) is 6.03. The summed E-state index contributed by atoms with van der Waals surface area (Å²) < 4.78 is 0. The zero-order valence-electron chi connectivity index (χ0n) is 11.2. The van der Waals surface area contributed by atoms with Crippen LogP contribution >= 0.6 is 11.8 Å². The first-order valence-corrected chi connectivity index (χ1v) is 7.07. The van der Waals surface area contributed by atoms with Crippen LogP contribution in [0.5, 0.6) is 0 Å². The second-order valence-corrected chi connectivity index (χ2v) is 5.92. The van der Waals surface area contributed by atoms with Gasteiger partial charge in [0.1, 0.15) is 6.04 Å². The molecule has 1 fully saturated rings. The van der Waals surface area contributed by atoms with E-state index in [1.807, 2.05) is 13.8 Å². The van der Waals surface area contributed by atoms with Crippen molar-refractivity contribution in [3.63, 3.8) is 0 Å². The summed E-state index contributed by atoms with van der Waals surface area (Å²) in [6, 6.07) is -1.37. The molecule has 0 aromatic carbocycles. The average Bonchev–Trinajstić information content (AvgIpc) is 2.67. The van der Waals surface area contributed by atoms with Crippen LogP contribution in [0.15, 0.2) is 0 Å². The van der Waals surface area contributed by atoms with Crippen molar-refractivity contribution < 1.29 is 19.5 Å². The Hall–Kier alpha value is -1.44. The van der Waals surface area contributed by atoms with Crippen molar-refractivity contribution in [1.82, 2.24) is 15.5 Å². The zero-order chi connectivity index (χ0) is 14.6. The third-order valence-corrected chi connectivity index (χ3v) is 3.81. The lowest BCUT2D eigenvalue weighted by atomic mass is 10.3. The number of thioether (sulfide) groups is 1. The van der Waals surface area contributed by atoms with Gasteiger partial charge in [0.15, 0.2) is 0 Å². The number of carbonyl (C=O) groups excluding carboxylic acids is 2. The van der Waals surface area contributed by atoms with Gasteiger partial charge in [0, 0.05) is 11.8 Å². The van der Waals surface area contributed by atoms with E-state index in [9.17, 15) is 14.4 Å². The van der Waals surface area contributed by atoms with Gasteiger partial charge in [-0.2, -0.15) is 0 Å². The molecule has 1 heterocycles. The molecule has 0 saturated carbocycles. The number of nitrogens with zero attached hydrogens (tertiary/aromatic N) is 1. The quantitative estimate of drug-likeness (QED) is 0.680. The van der Waals surface area contributed by atoms with Crippen LogP contribution in [0.2, 0.25) is 0 Å². The minimum absolute atomic E-state index is 0.00237. The molecule has 8 heteroatoms. The van der Waals surface area contributed by atoms with Crippen LogP contribution in [-0.4, -0.2) is 57.7 Å². The van der Waals surface area contributed by atoms with Gasteiger partial charge in [-0.1, -0.05) is 0 Å². The molecule has 7 nitrogen and oxygen atoms in total. The van der Waals surface area contributed by atoms with Gasteiger partial charge in [0.25, 0.3) is 0 Å². The highest BCUT2D eigenvalue weighted by Gasteiger charge is 2.39. The molecule has 2 atom stereocenters. The Kier molecular flexibility index (Phi) is 5.46. The van der Waals surface area contributed by atoms with Gasteiger partial charge in [0.2, 0.25) is 5.91 Å². The van der Waals surface area contributed by atoms with Crippen molar-refractivity contribution in [1.29, 1.82) is 0 Å². The first-order chi connectivity index (χ1) is 8.82. The van der Waals surface area contributed by atoms with Crippen LogP contribution in [-0.2, 0) is 9.59 Å². The molecule has 2 unspecified atom stereocenters. The normalized spacial score (nSPS) is 22.4. The monoisotopic (exact) mass is 289 g/mol. The molecule has 3 amide bonds. The van der Waals surface area contributed by atoms with Gasteiger partial charge < -0.3 is 15.7 Å². The Balaban J connectivity index is 2.52. The molecule has 0 aromatic heterocycles. The van der Waals surface area contributed by atoms with Crippen LogP contribution in [0.25, 0.3) is 0 Å². The number of amides is 3. The molecule has 3 N–H and O–H groups in total. The summed E-state index contributed by atoms with van der Waals surface area (Å²) in [5.74, 6) is -0.962. The third-order valence-electron chi connectivity index (χ3n) is 2.59. The van der Waals surface area contributed by atoms with E-state index in [0.717, 1.165) is 0 Å². The lowest BCUT2D eigenvalue weighted by molar-refractivity contribution is -0.141. The lowest BCUT2D eigenvalue weighted by Gasteiger charge is -2.25. The molecule has 0 bridgehead atoms. The van der Waals surface area contributed by atoms with E-state index < -0.39 is 18.0 Å². The topological polar surface area (TPSA) is 98.7 Å². The van der Waals surface area contributed by atoms with Crippen LogP contribution < -0.4 is 10.6 Å². The van der Waals surface area contributed by atoms with E-state index in [1.54, 1.807) is 6.92 Å². The summed E-state index contributed by atoms with van der Waals surface area (Å²) in [4.78, 5) is 35.6. The van der Waals surface area contributed by atoms with Gasteiger partial charge in [-0.05, 0) is 20.8 Å². The Bertz CT molecular complexity index is 375. The molecule has 0 aliphatic carbocycles. The standard InChI is InChI=1S/C11H19N3O4S/c1-6(2)13-9(15)4-12-11(18)14-7(3)19-5-8(14)10(16)17/h6-8H,4-5H2,1-3H3,(H,12,18)(H,13,15)(H,16,17).